The Bertz CT molecular complexity index is 1810. The van der Waals surface area contributed by atoms with Crippen LogP contribution in [0.2, 0.25) is 0 Å². The first-order valence-corrected chi connectivity index (χ1v) is 15.1. The molecule has 0 saturated carbocycles. The molecule has 0 radical (unpaired) electrons. The van der Waals surface area contributed by atoms with E-state index in [1.54, 1.807) is 82.6 Å². The van der Waals surface area contributed by atoms with E-state index in [0.717, 1.165) is 22.5 Å². The summed E-state index contributed by atoms with van der Waals surface area (Å²) >= 11 is 0. The fraction of sp³-hybridized carbons (Fsp3) is 0.222. The smallest absolute Gasteiger partial charge is 0.228 e. The summed E-state index contributed by atoms with van der Waals surface area (Å²) in [5, 5.41) is 20.6. The Kier molecular flexibility index (Phi) is 10.8. The van der Waals surface area contributed by atoms with Crippen LogP contribution in [0.4, 0.5) is 20.2 Å². The number of carbonyl (C=O) groups is 2. The van der Waals surface area contributed by atoms with Gasteiger partial charge in [0.1, 0.15) is 42.2 Å². The van der Waals surface area contributed by atoms with Crippen LogP contribution in [0.25, 0.3) is 0 Å². The first-order chi connectivity index (χ1) is 23.2. The van der Waals surface area contributed by atoms with Gasteiger partial charge in [-0.2, -0.15) is 5.26 Å². The van der Waals surface area contributed by atoms with E-state index in [4.69, 9.17) is 25.7 Å². The van der Waals surface area contributed by atoms with Gasteiger partial charge in [0.25, 0.3) is 0 Å². The number of amides is 2. The monoisotopic (exact) mass is 653 g/mol. The standard InChI is InChI=1S/C18H18FN3O3.C18H15FN2O2/c19-14-3-1-2-12(8-14)11-25-16-6-4-15(5-7-16)22-10-13(9-17(22)23)18(20)21-24;19-15-3-1-2-13(8-15)12-23-17-6-4-16(5-7-17)21-11-14(10-20)9-18(21)22/h1-8,13,24H,9-11H2,(H2,20,21);1-8,14H,9,11-12H2/t13-;14-/m10/s1. The molecular weight excluding hydrogens is 620 g/mol. The molecule has 0 spiro atoms. The lowest BCUT2D eigenvalue weighted by atomic mass is 10.1. The third kappa shape index (κ3) is 8.64. The summed E-state index contributed by atoms with van der Waals surface area (Å²) in [6.45, 7) is 1.33. The molecule has 2 atom stereocenters. The Morgan fingerprint density at radius 3 is 1.71 bits per heavy atom. The second-order valence-corrected chi connectivity index (χ2v) is 11.3. The normalized spacial score (nSPS) is 17.5. The number of ether oxygens (including phenoxy) is 2. The minimum Gasteiger partial charge on any atom is -0.489 e. The molecule has 3 N–H and O–H groups in total. The predicted molar refractivity (Wildman–Crippen MR) is 174 cm³/mol. The van der Waals surface area contributed by atoms with E-state index in [9.17, 15) is 18.4 Å². The zero-order chi connectivity index (χ0) is 34.0. The molecule has 6 rings (SSSR count). The van der Waals surface area contributed by atoms with E-state index in [1.807, 2.05) is 0 Å². The van der Waals surface area contributed by atoms with Crippen LogP contribution >= 0.6 is 0 Å². The summed E-state index contributed by atoms with van der Waals surface area (Å²) in [5.41, 5.74) is 8.55. The number of nitrogens with two attached hydrogens (primary N) is 1. The van der Waals surface area contributed by atoms with E-state index in [0.29, 0.717) is 24.6 Å². The summed E-state index contributed by atoms with van der Waals surface area (Å²) in [4.78, 5) is 27.2. The Balaban J connectivity index is 0.000000188. The van der Waals surface area contributed by atoms with Crippen LogP contribution < -0.4 is 25.0 Å². The number of anilines is 2. The van der Waals surface area contributed by atoms with Crippen molar-refractivity contribution in [1.29, 1.82) is 5.26 Å². The number of amidine groups is 1. The van der Waals surface area contributed by atoms with E-state index in [-0.39, 0.29) is 67.2 Å². The Hall–Kier alpha value is -5.96. The molecule has 0 aliphatic carbocycles. The van der Waals surface area contributed by atoms with Crippen molar-refractivity contribution in [2.24, 2.45) is 22.7 Å². The van der Waals surface area contributed by atoms with Crippen molar-refractivity contribution in [1.82, 2.24) is 0 Å². The summed E-state index contributed by atoms with van der Waals surface area (Å²) in [6.07, 6.45) is 0.488. The van der Waals surface area contributed by atoms with E-state index in [2.05, 4.69) is 11.2 Å². The third-order valence-corrected chi connectivity index (χ3v) is 7.85. The minimum absolute atomic E-state index is 0.0371. The van der Waals surface area contributed by atoms with Gasteiger partial charge < -0.3 is 30.2 Å². The van der Waals surface area contributed by atoms with Crippen molar-refractivity contribution in [3.8, 4) is 17.6 Å². The zero-order valence-corrected chi connectivity index (χ0v) is 25.8. The second-order valence-electron chi connectivity index (χ2n) is 11.3. The number of hydrogen-bond donors (Lipinski definition) is 2. The van der Waals surface area contributed by atoms with Gasteiger partial charge in [-0.1, -0.05) is 29.4 Å². The van der Waals surface area contributed by atoms with Gasteiger partial charge in [-0.15, -0.1) is 0 Å². The number of oxime groups is 1. The molecular formula is C36H33F2N5O5. The fourth-order valence-corrected chi connectivity index (χ4v) is 5.31. The number of rotatable bonds is 9. The molecule has 48 heavy (non-hydrogen) atoms. The lowest BCUT2D eigenvalue weighted by Crippen LogP contribution is -2.28. The van der Waals surface area contributed by atoms with E-state index < -0.39 is 0 Å². The number of halogens is 2. The number of benzene rings is 4. The van der Waals surface area contributed by atoms with Gasteiger partial charge in [0, 0.05) is 43.2 Å². The first kappa shape index (κ1) is 33.4. The Morgan fingerprint density at radius 2 is 1.27 bits per heavy atom. The third-order valence-electron chi connectivity index (χ3n) is 7.85. The molecule has 0 aromatic heterocycles. The van der Waals surface area contributed by atoms with Gasteiger partial charge in [0.2, 0.25) is 11.8 Å². The van der Waals surface area contributed by atoms with E-state index in [1.165, 1.54) is 24.3 Å². The highest BCUT2D eigenvalue weighted by atomic mass is 19.1. The molecule has 2 aliphatic rings. The average molecular weight is 654 g/mol. The highest BCUT2D eigenvalue weighted by Crippen LogP contribution is 2.28. The number of nitriles is 1. The van der Waals surface area contributed by atoms with Gasteiger partial charge in [0.15, 0.2) is 0 Å². The topological polar surface area (TPSA) is 141 Å². The van der Waals surface area contributed by atoms with Crippen molar-refractivity contribution in [2.45, 2.75) is 26.1 Å². The molecule has 246 valence electrons. The molecule has 2 saturated heterocycles. The van der Waals surface area contributed by atoms with Gasteiger partial charge in [-0.3, -0.25) is 9.59 Å². The predicted octanol–water partition coefficient (Wildman–Crippen LogP) is 5.79. The summed E-state index contributed by atoms with van der Waals surface area (Å²) in [7, 11) is 0. The second kappa shape index (κ2) is 15.6. The summed E-state index contributed by atoms with van der Waals surface area (Å²) in [5.74, 6) is 0.0770. The van der Waals surface area contributed by atoms with Crippen LogP contribution in [0.3, 0.4) is 0 Å². The average Bonchev–Trinajstić information content (AvgIpc) is 3.69. The maximum atomic E-state index is 13.1. The molecule has 4 aromatic carbocycles. The van der Waals surface area contributed by atoms with Gasteiger partial charge >= 0.3 is 0 Å². The first-order valence-electron chi connectivity index (χ1n) is 15.1. The van der Waals surface area contributed by atoms with Crippen molar-refractivity contribution >= 4 is 29.0 Å². The number of hydrogen-bond acceptors (Lipinski definition) is 7. The van der Waals surface area contributed by atoms with Crippen LogP contribution in [0.1, 0.15) is 24.0 Å². The quantitative estimate of drug-likeness (QED) is 0.101. The maximum Gasteiger partial charge on any atom is 0.228 e. The largest absolute Gasteiger partial charge is 0.489 e. The van der Waals surface area contributed by atoms with Crippen LogP contribution in [-0.2, 0) is 22.8 Å². The Labute approximate surface area is 276 Å². The molecule has 2 aliphatic heterocycles. The summed E-state index contributed by atoms with van der Waals surface area (Å²) < 4.78 is 37.5. The number of nitrogens with zero attached hydrogens (tertiary/aromatic N) is 4. The van der Waals surface area contributed by atoms with Crippen LogP contribution in [0.15, 0.2) is 102 Å². The van der Waals surface area contributed by atoms with Crippen LogP contribution in [-0.4, -0.2) is 35.9 Å². The summed E-state index contributed by atoms with van der Waals surface area (Å²) in [6, 6.07) is 28.8. The highest BCUT2D eigenvalue weighted by molar-refractivity contribution is 6.01. The molecule has 2 fully saturated rings. The van der Waals surface area contributed by atoms with Gasteiger partial charge in [-0.05, 0) is 83.9 Å². The van der Waals surface area contributed by atoms with Crippen molar-refractivity contribution in [3.05, 3.63) is 120 Å². The zero-order valence-electron chi connectivity index (χ0n) is 25.8. The molecule has 2 amide bonds. The molecule has 0 bridgehead atoms. The molecule has 12 heteroatoms. The van der Waals surface area contributed by atoms with Gasteiger partial charge in [0.05, 0.1) is 12.0 Å². The molecule has 10 nitrogen and oxygen atoms in total. The lowest BCUT2D eigenvalue weighted by Gasteiger charge is -2.17. The minimum atomic E-state index is -0.302. The van der Waals surface area contributed by atoms with Gasteiger partial charge in [-0.25, -0.2) is 8.78 Å². The van der Waals surface area contributed by atoms with Crippen LogP contribution in [0, 0.1) is 34.8 Å². The van der Waals surface area contributed by atoms with E-state index >= 15 is 0 Å². The van der Waals surface area contributed by atoms with Crippen molar-refractivity contribution < 1.29 is 33.1 Å². The highest BCUT2D eigenvalue weighted by Gasteiger charge is 2.33. The number of carbonyl (C=O) groups excluding carboxylic acids is 2. The molecule has 4 aromatic rings. The molecule has 0 unspecified atom stereocenters. The van der Waals surface area contributed by atoms with Crippen LogP contribution in [0.5, 0.6) is 11.5 Å². The SMILES string of the molecule is N#C[C@@H]1CC(=O)N(c2ccc(OCc3cccc(F)c3)cc2)C1.NC(=NO)[C@@H]1CC(=O)N(c2ccc(OCc3cccc(F)c3)cc2)C1. The fourth-order valence-electron chi connectivity index (χ4n) is 5.31. The lowest BCUT2D eigenvalue weighted by molar-refractivity contribution is -0.118. The van der Waals surface area contributed by atoms with Crippen molar-refractivity contribution in [3.63, 3.8) is 0 Å². The Morgan fingerprint density at radius 1 is 0.792 bits per heavy atom. The van der Waals surface area contributed by atoms with Crippen molar-refractivity contribution in [2.75, 3.05) is 22.9 Å². The maximum absolute atomic E-state index is 13.1. The molecule has 2 heterocycles.